The monoisotopic (exact) mass is 449 g/mol. The Balaban J connectivity index is 1.58. The molecule has 1 fully saturated rings. The van der Waals surface area contributed by atoms with Gasteiger partial charge in [0.1, 0.15) is 0 Å². The molecule has 0 unspecified atom stereocenters. The van der Waals surface area contributed by atoms with Crippen LogP contribution in [0.5, 0.6) is 0 Å². The van der Waals surface area contributed by atoms with Crippen LogP contribution in [0.1, 0.15) is 5.56 Å². The molecule has 2 amide bonds. The first-order valence-electron chi connectivity index (χ1n) is 9.29. The van der Waals surface area contributed by atoms with E-state index in [-0.39, 0.29) is 11.6 Å². The van der Waals surface area contributed by atoms with E-state index in [2.05, 4.69) is 4.72 Å². The number of nitrogens with zero attached hydrogens (tertiary/aromatic N) is 2. The van der Waals surface area contributed by atoms with Crippen LogP contribution in [0.25, 0.3) is 0 Å². The highest BCUT2D eigenvalue weighted by Gasteiger charge is 2.25. The lowest BCUT2D eigenvalue weighted by Gasteiger charge is -2.37. The summed E-state index contributed by atoms with van der Waals surface area (Å²) < 4.78 is 25.9. The number of halogens is 1. The quantitative estimate of drug-likeness (QED) is 0.702. The minimum atomic E-state index is -4.29. The van der Waals surface area contributed by atoms with Crippen molar-refractivity contribution in [1.82, 2.24) is 4.90 Å². The average molecular weight is 450 g/mol. The topological polar surface area (TPSA) is 113 Å². The number of hydrogen-bond acceptors (Lipinski definition) is 5. The Morgan fingerprint density at radius 1 is 1.03 bits per heavy atom. The lowest BCUT2D eigenvalue weighted by atomic mass is 10.1. The number of primary amides is 1. The molecule has 3 N–H and O–H groups in total. The number of hydrogen-bond donors (Lipinski definition) is 2. The Morgan fingerprint density at radius 3 is 2.30 bits per heavy atom. The maximum Gasteiger partial charge on any atom is 0.354 e. The van der Waals surface area contributed by atoms with Gasteiger partial charge in [0.25, 0.3) is 0 Å². The van der Waals surface area contributed by atoms with Crippen molar-refractivity contribution in [1.29, 1.82) is 0 Å². The highest BCUT2D eigenvalue weighted by Crippen LogP contribution is 2.27. The molecule has 0 bridgehead atoms. The standard InChI is InChI=1S/C20H22ClN4O4S/c21-16-8-5-15(6-9-16)7-10-19(26)25-13-11-24(12-14-25)18-4-2-1-3-17(18)23-30(28,29)20(22)27/h1-6,8-10,23H,7,11-14H2,(H2,22,27). The molecule has 0 atom stereocenters. The molecule has 1 heterocycles. The highest BCUT2D eigenvalue weighted by atomic mass is 35.5. The smallest absolute Gasteiger partial charge is 0.354 e. The van der Waals surface area contributed by atoms with Gasteiger partial charge in [0.05, 0.1) is 17.8 Å². The molecule has 1 aliphatic heterocycles. The Hall–Kier alpha value is -2.78. The van der Waals surface area contributed by atoms with Gasteiger partial charge in [-0.25, -0.2) is 0 Å². The third-order valence-electron chi connectivity index (χ3n) is 4.77. The molecule has 2 aromatic rings. The van der Waals surface area contributed by atoms with E-state index in [1.54, 1.807) is 47.7 Å². The van der Waals surface area contributed by atoms with Crippen LogP contribution in [0.3, 0.4) is 0 Å². The fourth-order valence-electron chi connectivity index (χ4n) is 3.15. The molecule has 0 saturated carbocycles. The summed E-state index contributed by atoms with van der Waals surface area (Å²) in [6, 6.07) is 14.1. The number of anilines is 2. The summed E-state index contributed by atoms with van der Waals surface area (Å²) in [5.41, 5.74) is 6.81. The summed E-state index contributed by atoms with van der Waals surface area (Å²) in [7, 11) is -4.29. The summed E-state index contributed by atoms with van der Waals surface area (Å²) in [5, 5.41) is -0.788. The Labute approximate surface area is 180 Å². The van der Waals surface area contributed by atoms with Gasteiger partial charge in [0.15, 0.2) is 0 Å². The number of para-hydroxylation sites is 2. The molecule has 2 aromatic carbocycles. The number of carbonyl (C=O) groups excluding carboxylic acids is 2. The summed E-state index contributed by atoms with van der Waals surface area (Å²) in [4.78, 5) is 27.3. The van der Waals surface area contributed by atoms with E-state index < -0.39 is 15.3 Å². The second-order valence-corrected chi connectivity index (χ2v) is 8.84. The summed E-state index contributed by atoms with van der Waals surface area (Å²) in [6.07, 6.45) is 2.17. The molecule has 0 spiro atoms. The molecule has 1 saturated heterocycles. The summed E-state index contributed by atoms with van der Waals surface area (Å²) in [5.74, 6) is -0.0488. The number of nitrogens with one attached hydrogen (secondary N) is 1. The predicted octanol–water partition coefficient (Wildman–Crippen LogP) is 2.26. The molecule has 30 heavy (non-hydrogen) atoms. The minimum absolute atomic E-state index is 0.0488. The molecule has 1 radical (unpaired) electrons. The van der Waals surface area contributed by atoms with Crippen molar-refractivity contribution >= 4 is 44.1 Å². The summed E-state index contributed by atoms with van der Waals surface area (Å²) in [6.45, 7) is 2.03. The molecule has 8 nitrogen and oxygen atoms in total. The third-order valence-corrected chi connectivity index (χ3v) is 6.04. The predicted molar refractivity (Wildman–Crippen MR) is 117 cm³/mol. The first kappa shape index (κ1) is 21.9. The van der Waals surface area contributed by atoms with E-state index in [0.29, 0.717) is 43.3 Å². The number of nitrogens with two attached hydrogens (primary N) is 1. The first-order valence-corrected chi connectivity index (χ1v) is 11.1. The lowest BCUT2D eigenvalue weighted by molar-refractivity contribution is -0.127. The zero-order chi connectivity index (χ0) is 21.7. The minimum Gasteiger partial charge on any atom is -0.366 e. The van der Waals surface area contributed by atoms with Crippen LogP contribution >= 0.6 is 11.6 Å². The average Bonchev–Trinajstić information content (AvgIpc) is 2.73. The largest absolute Gasteiger partial charge is 0.366 e. The van der Waals surface area contributed by atoms with Crippen LogP contribution < -0.4 is 15.4 Å². The van der Waals surface area contributed by atoms with Crippen molar-refractivity contribution in [3.05, 3.63) is 65.5 Å². The van der Waals surface area contributed by atoms with Gasteiger partial charge in [-0.1, -0.05) is 35.9 Å². The lowest BCUT2D eigenvalue weighted by Crippen LogP contribution is -2.49. The molecule has 159 valence electrons. The van der Waals surface area contributed by atoms with Gasteiger partial charge in [0.2, 0.25) is 5.91 Å². The number of rotatable bonds is 6. The van der Waals surface area contributed by atoms with Crippen LogP contribution in [0.15, 0.2) is 48.5 Å². The van der Waals surface area contributed by atoms with Gasteiger partial charge in [0, 0.05) is 31.2 Å². The first-order chi connectivity index (χ1) is 14.3. The fourth-order valence-corrected chi connectivity index (χ4v) is 3.84. The Morgan fingerprint density at radius 2 is 1.67 bits per heavy atom. The van der Waals surface area contributed by atoms with Gasteiger partial charge in [-0.05, 0) is 36.2 Å². The van der Waals surface area contributed by atoms with Gasteiger partial charge < -0.3 is 15.5 Å². The zero-order valence-corrected chi connectivity index (χ0v) is 17.7. The normalized spacial score (nSPS) is 14.4. The van der Waals surface area contributed by atoms with E-state index in [9.17, 15) is 18.0 Å². The van der Waals surface area contributed by atoms with Gasteiger partial charge in [-0.15, -0.1) is 0 Å². The Kier molecular flexibility index (Phi) is 6.84. The van der Waals surface area contributed by atoms with Crippen LogP contribution in [-0.2, 0) is 21.2 Å². The third kappa shape index (κ3) is 5.43. The molecule has 10 heteroatoms. The van der Waals surface area contributed by atoms with E-state index in [1.807, 2.05) is 17.0 Å². The number of carbonyl (C=O) groups is 2. The molecule has 0 aromatic heterocycles. The van der Waals surface area contributed by atoms with E-state index in [1.165, 1.54) is 0 Å². The van der Waals surface area contributed by atoms with Crippen molar-refractivity contribution in [3.8, 4) is 0 Å². The molecule has 0 aliphatic carbocycles. The number of piperazine rings is 1. The zero-order valence-electron chi connectivity index (χ0n) is 16.1. The number of sulfonamides is 1. The van der Waals surface area contributed by atoms with E-state index in [4.69, 9.17) is 17.3 Å². The highest BCUT2D eigenvalue weighted by molar-refractivity contribution is 8.07. The fraction of sp³-hybridized carbons (Fsp3) is 0.250. The molecule has 1 aliphatic rings. The van der Waals surface area contributed by atoms with Crippen molar-refractivity contribution in [2.45, 2.75) is 6.42 Å². The van der Waals surface area contributed by atoms with Crippen LogP contribution in [0.2, 0.25) is 5.02 Å². The van der Waals surface area contributed by atoms with Gasteiger partial charge >= 0.3 is 15.3 Å². The maximum absolute atomic E-state index is 12.5. The van der Waals surface area contributed by atoms with Crippen molar-refractivity contribution < 1.29 is 18.0 Å². The molecular formula is C20H22ClN4O4S. The van der Waals surface area contributed by atoms with Crippen molar-refractivity contribution in [3.63, 3.8) is 0 Å². The van der Waals surface area contributed by atoms with Crippen LogP contribution in [0.4, 0.5) is 16.2 Å². The summed E-state index contributed by atoms with van der Waals surface area (Å²) >= 11 is 5.87. The van der Waals surface area contributed by atoms with E-state index >= 15 is 0 Å². The van der Waals surface area contributed by atoms with Gasteiger partial charge in [-0.2, -0.15) is 8.42 Å². The number of benzene rings is 2. The van der Waals surface area contributed by atoms with Crippen LogP contribution in [-0.4, -0.2) is 50.6 Å². The molecular weight excluding hydrogens is 428 g/mol. The Bertz CT molecular complexity index is 1020. The van der Waals surface area contributed by atoms with Gasteiger partial charge in [-0.3, -0.25) is 14.3 Å². The number of amides is 2. The van der Waals surface area contributed by atoms with Crippen LogP contribution in [0, 0.1) is 6.42 Å². The van der Waals surface area contributed by atoms with Crippen molar-refractivity contribution in [2.75, 3.05) is 35.8 Å². The maximum atomic E-state index is 12.5. The molecule has 3 rings (SSSR count). The second-order valence-electron chi connectivity index (χ2n) is 6.79. The second kappa shape index (κ2) is 9.36. The van der Waals surface area contributed by atoms with Crippen molar-refractivity contribution in [2.24, 2.45) is 5.73 Å². The SMILES string of the molecule is NC(=O)S(=O)(=O)Nc1ccccc1N1CCN(C(=O)[CH]Cc2ccc(Cl)cc2)CC1. The van der Waals surface area contributed by atoms with E-state index in [0.717, 1.165) is 5.56 Å².